The van der Waals surface area contributed by atoms with Gasteiger partial charge < -0.3 is 13.9 Å². The zero-order valence-corrected chi connectivity index (χ0v) is 20.8. The van der Waals surface area contributed by atoms with E-state index < -0.39 is 0 Å². The second-order valence-corrected chi connectivity index (χ2v) is 11.2. The molecule has 0 radical (unpaired) electrons. The molecule has 3 aliphatic rings. The molecule has 0 saturated heterocycles. The lowest BCUT2D eigenvalue weighted by Crippen LogP contribution is -2.64. The number of aromatic nitrogens is 1. The van der Waals surface area contributed by atoms with Gasteiger partial charge in [0.1, 0.15) is 23.2 Å². The third-order valence-corrected chi connectivity index (χ3v) is 9.51. The van der Waals surface area contributed by atoms with E-state index in [2.05, 4.69) is 32.7 Å². The van der Waals surface area contributed by atoms with Crippen LogP contribution in [0.4, 0.5) is 0 Å². The number of hydrogen-bond acceptors (Lipinski definition) is 6. The Balaban J connectivity index is 1.53. The molecule has 5 rings (SSSR count). The Labute approximate surface area is 201 Å². The molecule has 182 valence electrons. The monoisotopic (exact) mass is 465 g/mol. The van der Waals surface area contributed by atoms with Crippen LogP contribution in [0.15, 0.2) is 39.8 Å². The Kier molecular flexibility index (Phi) is 5.41. The molecule has 2 aromatic heterocycles. The van der Waals surface area contributed by atoms with E-state index in [4.69, 9.17) is 13.9 Å². The summed E-state index contributed by atoms with van der Waals surface area (Å²) in [7, 11) is 0. The van der Waals surface area contributed by atoms with Gasteiger partial charge in [-0.3, -0.25) is 9.78 Å². The Morgan fingerprint density at radius 3 is 2.68 bits per heavy atom. The first kappa shape index (κ1) is 23.1. The highest BCUT2D eigenvalue weighted by Gasteiger charge is 2.64. The first-order valence-corrected chi connectivity index (χ1v) is 12.5. The fourth-order valence-corrected chi connectivity index (χ4v) is 7.62. The Hall–Kier alpha value is -2.63. The SMILES string of the molecule is CC[C@@]1(C)[C@@H]2CC[C@@]3(C)Oc4cc(-c5cccnc5)oc(=O)c4C[C@@H]3[C@@]2(C)CC[C@@H]1OC(C)=O. The van der Waals surface area contributed by atoms with Gasteiger partial charge in [0, 0.05) is 42.3 Å². The molecule has 6 nitrogen and oxygen atoms in total. The predicted octanol–water partition coefficient (Wildman–Crippen LogP) is 5.57. The lowest BCUT2D eigenvalue weighted by Gasteiger charge is -2.64. The van der Waals surface area contributed by atoms with Crippen molar-refractivity contribution < 1.29 is 18.7 Å². The number of fused-ring (bicyclic) bond motifs is 4. The summed E-state index contributed by atoms with van der Waals surface area (Å²) in [6.07, 6.45) is 8.61. The van der Waals surface area contributed by atoms with Gasteiger partial charge in [0.15, 0.2) is 0 Å². The summed E-state index contributed by atoms with van der Waals surface area (Å²) in [5.74, 6) is 1.49. The normalized spacial score (nSPS) is 36.4. The van der Waals surface area contributed by atoms with E-state index in [9.17, 15) is 9.59 Å². The van der Waals surface area contributed by atoms with Gasteiger partial charge in [-0.25, -0.2) is 4.79 Å². The van der Waals surface area contributed by atoms with E-state index in [0.29, 0.717) is 29.4 Å². The summed E-state index contributed by atoms with van der Waals surface area (Å²) in [6.45, 7) is 10.6. The fourth-order valence-electron chi connectivity index (χ4n) is 7.62. The predicted molar refractivity (Wildman–Crippen MR) is 128 cm³/mol. The number of rotatable bonds is 3. The second kappa shape index (κ2) is 7.96. The molecule has 0 N–H and O–H groups in total. The maximum atomic E-state index is 13.1. The third kappa shape index (κ3) is 3.40. The van der Waals surface area contributed by atoms with Crippen molar-refractivity contribution in [1.29, 1.82) is 0 Å². The molecule has 2 aromatic rings. The topological polar surface area (TPSA) is 78.6 Å². The number of ether oxygens (including phenoxy) is 2. The standard InChI is InChI=1S/C28H35NO5/c1-6-26(3)22-9-12-28(5)23(27(22,4)11-10-24(26)32-17(2)30)14-19-21(34-28)15-20(33-25(19)31)18-8-7-13-29-16-18/h7-8,13,15-16,22-24H,6,9-12,14H2,1-5H3/t22-,23+,24-,26-,27-,28+/m0/s1. The quantitative estimate of drug-likeness (QED) is 0.552. The summed E-state index contributed by atoms with van der Waals surface area (Å²) in [4.78, 5) is 29.1. The number of hydrogen-bond donors (Lipinski definition) is 0. The minimum atomic E-state index is -0.360. The van der Waals surface area contributed by atoms with E-state index in [0.717, 1.165) is 37.7 Å². The van der Waals surface area contributed by atoms with Crippen molar-refractivity contribution in [2.45, 2.75) is 84.8 Å². The van der Waals surface area contributed by atoms with E-state index in [1.807, 2.05) is 18.2 Å². The molecular weight excluding hydrogens is 430 g/mol. The molecule has 0 amide bonds. The average Bonchev–Trinajstić information content (AvgIpc) is 2.80. The van der Waals surface area contributed by atoms with Crippen LogP contribution >= 0.6 is 0 Å². The molecule has 0 unspecified atom stereocenters. The fraction of sp³-hybridized carbons (Fsp3) is 0.607. The molecule has 0 aromatic carbocycles. The van der Waals surface area contributed by atoms with Crippen molar-refractivity contribution in [1.82, 2.24) is 4.98 Å². The maximum absolute atomic E-state index is 13.1. The minimum Gasteiger partial charge on any atom is -0.487 e. The van der Waals surface area contributed by atoms with Crippen LogP contribution in [0.5, 0.6) is 5.75 Å². The zero-order chi connectivity index (χ0) is 24.3. The highest BCUT2D eigenvalue weighted by atomic mass is 16.5. The van der Waals surface area contributed by atoms with E-state index >= 15 is 0 Å². The van der Waals surface area contributed by atoms with E-state index in [1.54, 1.807) is 12.4 Å². The van der Waals surface area contributed by atoms with Gasteiger partial charge in [0.2, 0.25) is 0 Å². The van der Waals surface area contributed by atoms with Gasteiger partial charge in [-0.1, -0.05) is 20.8 Å². The van der Waals surface area contributed by atoms with Crippen LogP contribution in [-0.4, -0.2) is 22.7 Å². The third-order valence-electron chi connectivity index (χ3n) is 9.51. The lowest BCUT2D eigenvalue weighted by atomic mass is 9.43. The van der Waals surface area contributed by atoms with Crippen LogP contribution in [0.25, 0.3) is 11.3 Å². The van der Waals surface area contributed by atoms with Crippen LogP contribution in [0, 0.1) is 22.7 Å². The van der Waals surface area contributed by atoms with Gasteiger partial charge in [0.25, 0.3) is 0 Å². The summed E-state index contributed by atoms with van der Waals surface area (Å²) in [5.41, 5.74) is 0.585. The zero-order valence-electron chi connectivity index (χ0n) is 20.8. The number of carbonyl (C=O) groups is 1. The van der Waals surface area contributed by atoms with Crippen LogP contribution in [0.3, 0.4) is 0 Å². The molecule has 6 heteroatoms. The second-order valence-electron chi connectivity index (χ2n) is 11.2. The van der Waals surface area contributed by atoms with Gasteiger partial charge in [-0.2, -0.15) is 0 Å². The van der Waals surface area contributed by atoms with Crippen LogP contribution in [-0.2, 0) is 16.0 Å². The van der Waals surface area contributed by atoms with E-state index in [-0.39, 0.29) is 40.0 Å². The number of carbonyl (C=O) groups excluding carboxylic acids is 1. The number of nitrogens with zero attached hydrogens (tertiary/aromatic N) is 1. The summed E-state index contributed by atoms with van der Waals surface area (Å²) >= 11 is 0. The molecule has 1 aliphatic heterocycles. The van der Waals surface area contributed by atoms with Gasteiger partial charge in [-0.15, -0.1) is 0 Å². The number of esters is 1. The average molecular weight is 466 g/mol. The molecule has 6 atom stereocenters. The Morgan fingerprint density at radius 1 is 1.21 bits per heavy atom. The van der Waals surface area contributed by atoms with Crippen molar-refractivity contribution in [2.24, 2.45) is 22.7 Å². The van der Waals surface area contributed by atoms with Gasteiger partial charge >= 0.3 is 11.6 Å². The minimum absolute atomic E-state index is 0.0272. The van der Waals surface area contributed by atoms with Crippen molar-refractivity contribution in [2.75, 3.05) is 0 Å². The molecule has 34 heavy (non-hydrogen) atoms. The van der Waals surface area contributed by atoms with Crippen LogP contribution in [0.1, 0.15) is 72.3 Å². The first-order valence-electron chi connectivity index (χ1n) is 12.5. The van der Waals surface area contributed by atoms with Crippen molar-refractivity contribution >= 4 is 5.97 Å². The van der Waals surface area contributed by atoms with Gasteiger partial charge in [-0.05, 0) is 68.9 Å². The Bertz CT molecular complexity index is 1160. The highest BCUT2D eigenvalue weighted by molar-refractivity contribution is 5.66. The largest absolute Gasteiger partial charge is 0.487 e. The summed E-state index contributed by atoms with van der Waals surface area (Å²) in [5, 5.41) is 0. The van der Waals surface area contributed by atoms with Crippen LogP contribution < -0.4 is 10.4 Å². The van der Waals surface area contributed by atoms with Gasteiger partial charge in [0.05, 0.1) is 5.56 Å². The van der Waals surface area contributed by atoms with Crippen molar-refractivity contribution in [3.8, 4) is 17.1 Å². The first-order chi connectivity index (χ1) is 16.1. The summed E-state index contributed by atoms with van der Waals surface area (Å²) in [6, 6.07) is 5.56. The molecule has 2 fully saturated rings. The number of pyridine rings is 1. The lowest BCUT2D eigenvalue weighted by molar-refractivity contribution is -0.209. The summed E-state index contributed by atoms with van der Waals surface area (Å²) < 4.78 is 18.3. The smallest absolute Gasteiger partial charge is 0.343 e. The maximum Gasteiger partial charge on any atom is 0.343 e. The molecule has 2 saturated carbocycles. The van der Waals surface area contributed by atoms with Crippen LogP contribution in [0.2, 0.25) is 0 Å². The van der Waals surface area contributed by atoms with E-state index in [1.165, 1.54) is 6.92 Å². The highest BCUT2D eigenvalue weighted by Crippen LogP contribution is 2.65. The van der Waals surface area contributed by atoms with Crippen molar-refractivity contribution in [3.63, 3.8) is 0 Å². The molecule has 2 aliphatic carbocycles. The molecule has 0 spiro atoms. The molecule has 3 heterocycles. The Morgan fingerprint density at radius 2 is 2.00 bits per heavy atom. The molecule has 0 bridgehead atoms. The molecular formula is C28H35NO5. The van der Waals surface area contributed by atoms with Crippen molar-refractivity contribution in [3.05, 3.63) is 46.6 Å².